The number of sulfone groups is 1. The summed E-state index contributed by atoms with van der Waals surface area (Å²) in [5.74, 6) is -0.931. The predicted octanol–water partition coefficient (Wildman–Crippen LogP) is 3.54. The van der Waals surface area contributed by atoms with Crippen molar-refractivity contribution in [2.45, 2.75) is 24.8 Å². The molecule has 1 N–H and O–H groups in total. The number of aliphatic hydroxyl groups is 1. The normalized spacial score (nSPS) is 17.9. The van der Waals surface area contributed by atoms with E-state index in [0.717, 1.165) is 31.5 Å². The molecule has 31 heavy (non-hydrogen) atoms. The van der Waals surface area contributed by atoms with Gasteiger partial charge in [0.25, 0.3) is 0 Å². The molecule has 0 radical (unpaired) electrons. The van der Waals surface area contributed by atoms with Crippen LogP contribution in [0.3, 0.4) is 0 Å². The second kappa shape index (κ2) is 6.95. The maximum atomic E-state index is 14.1. The third-order valence-corrected chi connectivity index (χ3v) is 8.95. The quantitative estimate of drug-likeness (QED) is 0.727. The van der Waals surface area contributed by atoms with Crippen LogP contribution in [0.15, 0.2) is 36.5 Å². The van der Waals surface area contributed by atoms with E-state index in [2.05, 4.69) is 4.98 Å². The van der Waals surface area contributed by atoms with Crippen LogP contribution in [-0.4, -0.2) is 40.2 Å². The van der Waals surface area contributed by atoms with Crippen LogP contribution in [0, 0.1) is 0 Å². The van der Waals surface area contributed by atoms with Crippen LogP contribution in [0.25, 0.3) is 10.7 Å². The average molecular weight is 476 g/mol. The maximum absolute atomic E-state index is 14.1. The van der Waals surface area contributed by atoms with Crippen molar-refractivity contribution in [3.05, 3.63) is 58.9 Å². The molecule has 168 valence electrons. The number of hydrogen-bond donors (Lipinski definition) is 1. The lowest BCUT2D eigenvalue weighted by Gasteiger charge is -2.34. The van der Waals surface area contributed by atoms with Crippen LogP contribution < -0.4 is 4.31 Å². The number of aromatic nitrogens is 1. The van der Waals surface area contributed by atoms with Crippen molar-refractivity contribution in [1.29, 1.82) is 0 Å². The minimum absolute atomic E-state index is 0.134. The first-order chi connectivity index (χ1) is 14.0. The molecule has 0 bridgehead atoms. The Hall–Kier alpha value is -2.60. The molecule has 0 fully saturated rings. The molecule has 1 aromatic carbocycles. The van der Waals surface area contributed by atoms with Crippen LogP contribution in [0.5, 0.6) is 0 Å². The van der Waals surface area contributed by atoms with Gasteiger partial charge < -0.3 is 5.11 Å². The van der Waals surface area contributed by atoms with Gasteiger partial charge in [0, 0.05) is 24.4 Å². The third kappa shape index (κ3) is 3.47. The number of benzene rings is 1. The summed E-state index contributed by atoms with van der Waals surface area (Å²) >= 11 is 0. The number of alkyl halides is 3. The van der Waals surface area contributed by atoms with Crippen LogP contribution >= 0.6 is 0 Å². The molecular weight excluding hydrogens is 457 g/mol. The Morgan fingerprint density at radius 2 is 1.74 bits per heavy atom. The number of aliphatic hydroxyl groups excluding tert-OH is 1. The summed E-state index contributed by atoms with van der Waals surface area (Å²) < 4.78 is 91.8. The van der Waals surface area contributed by atoms with E-state index in [9.17, 15) is 35.1 Å². The number of rotatable bonds is 3. The molecule has 0 saturated carbocycles. The molecule has 0 atom stereocenters. The van der Waals surface area contributed by atoms with E-state index in [4.69, 9.17) is 0 Å². The summed E-state index contributed by atoms with van der Waals surface area (Å²) in [6.45, 7) is 2.60. The zero-order chi connectivity index (χ0) is 23.6. The highest BCUT2D eigenvalue weighted by atomic mass is 32.2. The van der Waals surface area contributed by atoms with Gasteiger partial charge >= 0.3 is 6.18 Å². The summed E-state index contributed by atoms with van der Waals surface area (Å²) in [5, 5.41) is 10.8. The average Bonchev–Trinajstić information content (AvgIpc) is 2.64. The van der Waals surface area contributed by atoms with Crippen LogP contribution in [0.1, 0.15) is 36.2 Å². The summed E-state index contributed by atoms with van der Waals surface area (Å²) in [4.78, 5) is 3.01. The van der Waals surface area contributed by atoms with E-state index >= 15 is 0 Å². The van der Waals surface area contributed by atoms with Gasteiger partial charge in [-0.25, -0.2) is 16.8 Å². The first kappa shape index (κ1) is 23.1. The van der Waals surface area contributed by atoms with Crippen LogP contribution in [0.4, 0.5) is 18.9 Å². The van der Waals surface area contributed by atoms with Crippen molar-refractivity contribution in [2.24, 2.45) is 0 Å². The Bertz CT molecular complexity index is 1310. The molecule has 3 rings (SSSR count). The number of anilines is 1. The smallest absolute Gasteiger partial charge is 0.419 e. The fraction of sp³-hybridized carbons (Fsp3) is 0.316. The van der Waals surface area contributed by atoms with Crippen LogP contribution in [-0.2, 0) is 30.8 Å². The molecule has 12 heteroatoms. The number of pyridine rings is 1. The number of fused-ring (bicyclic) bond motifs is 1. The SMILES string of the molecule is CN(c1cccc(C2=C(O)c3ncccc3C(C)(C)S2(=O)=O)c1C(F)(F)F)S(C)(=O)=O. The van der Waals surface area contributed by atoms with Gasteiger partial charge in [-0.2, -0.15) is 13.2 Å². The van der Waals surface area contributed by atoms with Crippen LogP contribution in [0.2, 0.25) is 0 Å². The molecule has 0 aliphatic carbocycles. The molecule has 1 aromatic heterocycles. The van der Waals surface area contributed by atoms with Gasteiger partial charge in [0.05, 0.1) is 22.3 Å². The Morgan fingerprint density at radius 3 is 2.29 bits per heavy atom. The molecule has 1 aliphatic heterocycles. The lowest BCUT2D eigenvalue weighted by molar-refractivity contribution is -0.137. The maximum Gasteiger partial charge on any atom is 0.419 e. The Morgan fingerprint density at radius 1 is 1.13 bits per heavy atom. The zero-order valence-electron chi connectivity index (χ0n) is 16.9. The zero-order valence-corrected chi connectivity index (χ0v) is 18.5. The van der Waals surface area contributed by atoms with E-state index in [1.807, 2.05) is 0 Å². The first-order valence-electron chi connectivity index (χ1n) is 8.81. The fourth-order valence-electron chi connectivity index (χ4n) is 3.46. The highest BCUT2D eigenvalue weighted by Gasteiger charge is 2.50. The van der Waals surface area contributed by atoms with Gasteiger partial charge in [-0.1, -0.05) is 18.2 Å². The molecule has 1 aliphatic rings. The minimum Gasteiger partial charge on any atom is -0.504 e. The van der Waals surface area contributed by atoms with Crippen molar-refractivity contribution in [1.82, 2.24) is 4.98 Å². The second-order valence-electron chi connectivity index (χ2n) is 7.52. The van der Waals surface area contributed by atoms with Crippen molar-refractivity contribution >= 4 is 36.2 Å². The number of sulfonamides is 1. The van der Waals surface area contributed by atoms with Gasteiger partial charge in [-0.15, -0.1) is 0 Å². The molecule has 0 unspecified atom stereocenters. The summed E-state index contributed by atoms with van der Waals surface area (Å²) in [6.07, 6.45) is -3.14. The lowest BCUT2D eigenvalue weighted by Crippen LogP contribution is -2.36. The monoisotopic (exact) mass is 476 g/mol. The summed E-state index contributed by atoms with van der Waals surface area (Å²) in [5.41, 5.74) is -3.15. The standard InChI is InChI=1S/C19H19F3N2O5S2/c1-18(2)12-8-6-10-23-15(12)16(25)17(31(18,28)29)11-7-5-9-13(14(11)19(20,21)22)24(3)30(4,26)27/h5-10,25H,1-4H3. The van der Waals surface area contributed by atoms with Crippen molar-refractivity contribution < 1.29 is 35.1 Å². The van der Waals surface area contributed by atoms with Gasteiger partial charge in [0.15, 0.2) is 15.6 Å². The second-order valence-corrected chi connectivity index (χ2v) is 12.0. The molecule has 0 amide bonds. The molecule has 2 aromatic rings. The highest BCUT2D eigenvalue weighted by Crippen LogP contribution is 2.51. The van der Waals surface area contributed by atoms with Gasteiger partial charge in [0.2, 0.25) is 10.0 Å². The molecule has 0 spiro atoms. The molecule has 0 saturated heterocycles. The molecular formula is C19H19F3N2O5S2. The van der Waals surface area contributed by atoms with E-state index in [1.165, 1.54) is 32.2 Å². The van der Waals surface area contributed by atoms with Gasteiger partial charge in [0.1, 0.15) is 10.6 Å². The molecule has 2 heterocycles. The summed E-state index contributed by atoms with van der Waals surface area (Å²) in [7, 11) is -7.74. The fourth-order valence-corrected chi connectivity index (χ4v) is 5.74. The predicted molar refractivity (Wildman–Crippen MR) is 110 cm³/mol. The number of nitrogens with zero attached hydrogens (tertiary/aromatic N) is 2. The number of halogens is 3. The molecule has 7 nitrogen and oxygen atoms in total. The van der Waals surface area contributed by atoms with Crippen molar-refractivity contribution in [3.8, 4) is 0 Å². The number of hydrogen-bond acceptors (Lipinski definition) is 6. The Kier molecular flexibility index (Phi) is 5.18. The van der Waals surface area contributed by atoms with E-state index < -0.39 is 58.3 Å². The lowest BCUT2D eigenvalue weighted by atomic mass is 9.96. The minimum atomic E-state index is -5.14. The van der Waals surface area contributed by atoms with E-state index in [1.54, 1.807) is 0 Å². The Balaban J connectivity index is 2.51. The van der Waals surface area contributed by atoms with E-state index in [0.29, 0.717) is 4.31 Å². The largest absolute Gasteiger partial charge is 0.504 e. The third-order valence-electron chi connectivity index (χ3n) is 5.24. The van der Waals surface area contributed by atoms with Gasteiger partial charge in [-0.05, 0) is 26.0 Å². The first-order valence-corrected chi connectivity index (χ1v) is 12.1. The van der Waals surface area contributed by atoms with E-state index in [-0.39, 0.29) is 11.3 Å². The van der Waals surface area contributed by atoms with Crippen molar-refractivity contribution in [3.63, 3.8) is 0 Å². The topological polar surface area (TPSA) is 105 Å². The Labute approximate surface area is 177 Å². The van der Waals surface area contributed by atoms with Gasteiger partial charge in [-0.3, -0.25) is 9.29 Å². The van der Waals surface area contributed by atoms with Crippen molar-refractivity contribution in [2.75, 3.05) is 17.6 Å². The summed E-state index contributed by atoms with van der Waals surface area (Å²) in [6, 6.07) is 5.77. The highest BCUT2D eigenvalue weighted by molar-refractivity contribution is 8.01.